The average Bonchev–Trinajstić information content (AvgIpc) is 2.45. The van der Waals surface area contributed by atoms with Gasteiger partial charge in [0, 0.05) is 12.6 Å². The van der Waals surface area contributed by atoms with Crippen LogP contribution in [0.1, 0.15) is 10.4 Å². The summed E-state index contributed by atoms with van der Waals surface area (Å²) in [5.74, 6) is 0.757. The predicted octanol–water partition coefficient (Wildman–Crippen LogP) is 0.475. The van der Waals surface area contributed by atoms with Crippen molar-refractivity contribution in [3.05, 3.63) is 17.7 Å². The lowest BCUT2D eigenvalue weighted by molar-refractivity contribution is 0.0746. The largest absolute Gasteiger partial charge is 0.496 e. The Morgan fingerprint density at radius 3 is 2.16 bits per heavy atom. The van der Waals surface area contributed by atoms with E-state index in [9.17, 15) is 9.90 Å². The van der Waals surface area contributed by atoms with Crippen molar-refractivity contribution in [1.29, 1.82) is 0 Å². The van der Waals surface area contributed by atoms with Crippen LogP contribution in [0.25, 0.3) is 0 Å². The Hall–Kier alpha value is -1.79. The number of methoxy groups -OCH3 is 3. The van der Waals surface area contributed by atoms with Gasteiger partial charge in [-0.15, -0.1) is 0 Å². The van der Waals surface area contributed by atoms with Crippen LogP contribution in [0.4, 0.5) is 0 Å². The monoisotopic (exact) mass is 269 g/mol. The lowest BCUT2D eigenvalue weighted by Gasteiger charge is -2.15. The van der Waals surface area contributed by atoms with Gasteiger partial charge in [0.15, 0.2) is 17.3 Å². The van der Waals surface area contributed by atoms with Gasteiger partial charge in [0.05, 0.1) is 26.9 Å². The fraction of sp³-hybridized carbons (Fsp3) is 0.462. The highest BCUT2D eigenvalue weighted by molar-refractivity contribution is 6.02. The molecule has 0 amide bonds. The van der Waals surface area contributed by atoms with Crippen molar-refractivity contribution in [2.24, 2.45) is 0 Å². The number of carbonyl (C=O) groups is 1. The number of ketones is 1. The second-order valence-electron chi connectivity index (χ2n) is 3.85. The zero-order valence-corrected chi connectivity index (χ0v) is 11.5. The first kappa shape index (κ1) is 15.3. The molecule has 1 rings (SSSR count). The number of aliphatic hydroxyl groups excluding tert-OH is 1. The zero-order chi connectivity index (χ0) is 14.4. The van der Waals surface area contributed by atoms with E-state index in [1.807, 2.05) is 0 Å². The summed E-state index contributed by atoms with van der Waals surface area (Å²) in [5, 5.41) is 12.5. The summed E-state index contributed by atoms with van der Waals surface area (Å²) < 4.78 is 15.4. The van der Waals surface area contributed by atoms with Crippen molar-refractivity contribution in [3.8, 4) is 17.2 Å². The van der Waals surface area contributed by atoms with E-state index in [1.165, 1.54) is 27.4 Å². The molecule has 1 aromatic carbocycles. The number of Topliss-reactive ketones (excluding diaryl/α,β-unsaturated/α-hetero) is 1. The normalized spacial score (nSPS) is 11.8. The van der Waals surface area contributed by atoms with Crippen molar-refractivity contribution in [2.75, 3.05) is 34.9 Å². The van der Waals surface area contributed by atoms with Gasteiger partial charge >= 0.3 is 0 Å². The van der Waals surface area contributed by atoms with Crippen LogP contribution in [0.5, 0.6) is 17.2 Å². The van der Waals surface area contributed by atoms with Crippen LogP contribution in [-0.2, 0) is 0 Å². The van der Waals surface area contributed by atoms with E-state index in [4.69, 9.17) is 14.2 Å². The second-order valence-corrected chi connectivity index (χ2v) is 3.85. The zero-order valence-electron chi connectivity index (χ0n) is 11.5. The molecule has 0 spiro atoms. The minimum atomic E-state index is -1.14. The van der Waals surface area contributed by atoms with E-state index in [0.29, 0.717) is 17.2 Å². The van der Waals surface area contributed by atoms with Crippen molar-refractivity contribution in [1.82, 2.24) is 5.32 Å². The van der Waals surface area contributed by atoms with Crippen LogP contribution in [0, 0.1) is 0 Å². The van der Waals surface area contributed by atoms with E-state index < -0.39 is 11.9 Å². The van der Waals surface area contributed by atoms with Gasteiger partial charge < -0.3 is 24.6 Å². The SMILES string of the molecule is CNCC(O)C(=O)c1cc(OC)c(OC)cc1OC. The third-order valence-electron chi connectivity index (χ3n) is 2.67. The van der Waals surface area contributed by atoms with Gasteiger partial charge in [0.25, 0.3) is 0 Å². The van der Waals surface area contributed by atoms with Crippen LogP contribution in [0.15, 0.2) is 12.1 Å². The molecule has 0 aliphatic heterocycles. The highest BCUT2D eigenvalue weighted by Crippen LogP contribution is 2.35. The molecule has 0 saturated heterocycles. The molecule has 0 aromatic heterocycles. The maximum absolute atomic E-state index is 12.1. The van der Waals surface area contributed by atoms with E-state index in [0.717, 1.165) is 0 Å². The standard InChI is InChI=1S/C13H19NO5/c1-14-7-9(15)13(16)8-5-11(18-3)12(19-4)6-10(8)17-2/h5-6,9,14-15H,7H2,1-4H3. The summed E-state index contributed by atoms with van der Waals surface area (Å²) in [6.07, 6.45) is -1.14. The first-order valence-corrected chi connectivity index (χ1v) is 5.75. The summed E-state index contributed by atoms with van der Waals surface area (Å²) in [6.45, 7) is 0.163. The number of hydrogen-bond acceptors (Lipinski definition) is 6. The molecule has 2 N–H and O–H groups in total. The molecule has 0 fully saturated rings. The first-order valence-electron chi connectivity index (χ1n) is 5.75. The molecule has 6 nitrogen and oxygen atoms in total. The van der Waals surface area contributed by atoms with E-state index >= 15 is 0 Å². The maximum atomic E-state index is 12.1. The summed E-state index contributed by atoms with van der Waals surface area (Å²) >= 11 is 0. The van der Waals surface area contributed by atoms with Crippen LogP contribution < -0.4 is 19.5 Å². The summed E-state index contributed by atoms with van der Waals surface area (Å²) in [5.41, 5.74) is 0.253. The molecule has 0 bridgehead atoms. The van der Waals surface area contributed by atoms with Crippen LogP contribution in [0.2, 0.25) is 0 Å². The topological polar surface area (TPSA) is 77.0 Å². The molecular formula is C13H19NO5. The summed E-state index contributed by atoms with van der Waals surface area (Å²) in [6, 6.07) is 3.05. The number of ether oxygens (including phenoxy) is 3. The van der Waals surface area contributed by atoms with Crippen molar-refractivity contribution >= 4 is 5.78 Å². The van der Waals surface area contributed by atoms with E-state index in [2.05, 4.69) is 5.32 Å². The van der Waals surface area contributed by atoms with Gasteiger partial charge in [0.2, 0.25) is 0 Å². The minimum Gasteiger partial charge on any atom is -0.496 e. The van der Waals surface area contributed by atoms with Gasteiger partial charge in [0.1, 0.15) is 11.9 Å². The lowest BCUT2D eigenvalue weighted by Crippen LogP contribution is -2.31. The fourth-order valence-electron chi connectivity index (χ4n) is 1.69. The highest BCUT2D eigenvalue weighted by Gasteiger charge is 2.23. The molecular weight excluding hydrogens is 250 g/mol. The lowest BCUT2D eigenvalue weighted by atomic mass is 10.0. The van der Waals surface area contributed by atoms with Crippen molar-refractivity contribution in [3.63, 3.8) is 0 Å². The highest BCUT2D eigenvalue weighted by atomic mass is 16.5. The first-order chi connectivity index (χ1) is 9.08. The Bertz CT molecular complexity index is 447. The Labute approximate surface area is 112 Å². The minimum absolute atomic E-state index is 0.163. The van der Waals surface area contributed by atoms with Gasteiger partial charge in [-0.3, -0.25) is 4.79 Å². The van der Waals surface area contributed by atoms with Gasteiger partial charge in [-0.2, -0.15) is 0 Å². The number of rotatable bonds is 7. The summed E-state index contributed by atoms with van der Waals surface area (Å²) in [4.78, 5) is 12.1. The number of hydrogen-bond donors (Lipinski definition) is 2. The van der Waals surface area contributed by atoms with Gasteiger partial charge in [-0.1, -0.05) is 0 Å². The molecule has 0 saturated carbocycles. The number of nitrogens with one attached hydrogen (secondary N) is 1. The third-order valence-corrected chi connectivity index (χ3v) is 2.67. The Balaban J connectivity index is 3.21. The van der Waals surface area contributed by atoms with Crippen molar-refractivity contribution < 1.29 is 24.1 Å². The molecule has 19 heavy (non-hydrogen) atoms. The maximum Gasteiger partial charge on any atom is 0.196 e. The van der Waals surface area contributed by atoms with E-state index in [-0.39, 0.29) is 12.1 Å². The average molecular weight is 269 g/mol. The van der Waals surface area contributed by atoms with Crippen LogP contribution in [-0.4, -0.2) is 51.9 Å². The number of likely N-dealkylation sites (N-methyl/N-ethyl adjacent to an activating group) is 1. The van der Waals surface area contributed by atoms with Gasteiger partial charge in [-0.05, 0) is 13.1 Å². The summed E-state index contributed by atoms with van der Waals surface area (Å²) in [7, 11) is 6.07. The number of benzene rings is 1. The molecule has 6 heteroatoms. The Kier molecular flexibility index (Phi) is 5.59. The molecule has 1 atom stereocenters. The number of carbonyl (C=O) groups excluding carboxylic acids is 1. The second kappa shape index (κ2) is 6.96. The predicted molar refractivity (Wildman–Crippen MR) is 70.4 cm³/mol. The smallest absolute Gasteiger partial charge is 0.196 e. The van der Waals surface area contributed by atoms with E-state index in [1.54, 1.807) is 13.1 Å². The van der Waals surface area contributed by atoms with Crippen LogP contribution >= 0.6 is 0 Å². The quantitative estimate of drug-likeness (QED) is 0.701. The molecule has 1 aromatic rings. The fourth-order valence-corrected chi connectivity index (χ4v) is 1.69. The molecule has 106 valence electrons. The molecule has 1 unspecified atom stereocenters. The van der Waals surface area contributed by atoms with Crippen molar-refractivity contribution in [2.45, 2.75) is 6.10 Å². The number of aliphatic hydroxyl groups is 1. The van der Waals surface area contributed by atoms with Crippen LogP contribution in [0.3, 0.4) is 0 Å². The molecule has 0 radical (unpaired) electrons. The Morgan fingerprint density at radius 2 is 1.68 bits per heavy atom. The molecule has 0 heterocycles. The molecule has 0 aliphatic carbocycles. The third kappa shape index (κ3) is 3.36. The Morgan fingerprint density at radius 1 is 1.16 bits per heavy atom. The van der Waals surface area contributed by atoms with Gasteiger partial charge in [-0.25, -0.2) is 0 Å². The molecule has 0 aliphatic rings.